The predicted octanol–water partition coefficient (Wildman–Crippen LogP) is 3.65. The number of halogens is 3. The van der Waals surface area contributed by atoms with Gasteiger partial charge in [0.25, 0.3) is 0 Å². The maximum Gasteiger partial charge on any atom is 0.141 e. The van der Waals surface area contributed by atoms with Gasteiger partial charge < -0.3 is 4.98 Å². The fourth-order valence-electron chi connectivity index (χ4n) is 0.698. The van der Waals surface area contributed by atoms with Crippen molar-refractivity contribution in [3.8, 4) is 0 Å². The van der Waals surface area contributed by atoms with Crippen molar-refractivity contribution < 1.29 is 4.39 Å². The summed E-state index contributed by atoms with van der Waals surface area (Å²) in [7, 11) is 0. The Labute approximate surface area is 78.3 Å². The van der Waals surface area contributed by atoms with E-state index >= 15 is 0 Å². The molecule has 5 heteroatoms. The molecule has 0 aliphatic heterocycles. The third kappa shape index (κ3) is 1.83. The Bertz CT molecular complexity index is 261. The molecule has 0 aromatic carbocycles. The van der Waals surface area contributed by atoms with E-state index in [1.807, 2.05) is 0 Å². The first-order valence-corrected chi connectivity index (χ1v) is 4.63. The van der Waals surface area contributed by atoms with Gasteiger partial charge >= 0.3 is 0 Å². The third-order valence-electron chi connectivity index (χ3n) is 1.22. The average Bonchev–Trinajstić information content (AvgIpc) is 2.19. The number of aromatic amines is 1. The quantitative estimate of drug-likeness (QED) is 0.743. The number of nitrogens with one attached hydrogen (secondary N) is 1. The summed E-state index contributed by atoms with van der Waals surface area (Å²) in [5.41, 5.74) is 0.771. The molecule has 62 valence electrons. The summed E-state index contributed by atoms with van der Waals surface area (Å²) < 4.78 is 11.8. The van der Waals surface area contributed by atoms with Crippen molar-refractivity contribution in [2.45, 2.75) is 11.9 Å². The molecule has 11 heavy (non-hydrogen) atoms. The molecule has 0 atom stereocenters. The van der Waals surface area contributed by atoms with Crippen molar-refractivity contribution in [2.24, 2.45) is 0 Å². The lowest BCUT2D eigenvalue weighted by Gasteiger charge is -1.90. The SMILES string of the molecule is Cc1[nH]c(SCF)c(Cl)c1Cl. The normalized spacial score (nSPS) is 10.5. The van der Waals surface area contributed by atoms with E-state index < -0.39 is 6.01 Å². The van der Waals surface area contributed by atoms with E-state index in [1.54, 1.807) is 6.92 Å². The van der Waals surface area contributed by atoms with Gasteiger partial charge in [0.05, 0.1) is 15.1 Å². The topological polar surface area (TPSA) is 15.8 Å². The van der Waals surface area contributed by atoms with Crippen molar-refractivity contribution in [3.63, 3.8) is 0 Å². The van der Waals surface area contributed by atoms with Crippen LogP contribution in [0.3, 0.4) is 0 Å². The van der Waals surface area contributed by atoms with E-state index in [2.05, 4.69) is 4.98 Å². The number of rotatable bonds is 2. The Morgan fingerprint density at radius 2 is 2.09 bits per heavy atom. The highest BCUT2D eigenvalue weighted by Crippen LogP contribution is 2.34. The average molecular weight is 214 g/mol. The number of alkyl halides is 1. The second-order valence-corrected chi connectivity index (χ2v) is 3.63. The van der Waals surface area contributed by atoms with E-state index in [-0.39, 0.29) is 0 Å². The van der Waals surface area contributed by atoms with Gasteiger partial charge in [-0.15, -0.1) is 0 Å². The molecule has 0 aliphatic rings. The highest BCUT2D eigenvalue weighted by Gasteiger charge is 2.10. The van der Waals surface area contributed by atoms with Crippen LogP contribution in [0.15, 0.2) is 5.03 Å². The van der Waals surface area contributed by atoms with Crippen LogP contribution in [0.25, 0.3) is 0 Å². The van der Waals surface area contributed by atoms with Gasteiger partial charge in [-0.2, -0.15) is 0 Å². The van der Waals surface area contributed by atoms with E-state index in [0.29, 0.717) is 15.1 Å². The minimum atomic E-state index is -0.504. The number of thioether (sulfide) groups is 1. The van der Waals surface area contributed by atoms with Crippen molar-refractivity contribution in [2.75, 3.05) is 6.01 Å². The summed E-state index contributed by atoms with van der Waals surface area (Å²) in [5, 5.41) is 1.48. The molecule has 0 unspecified atom stereocenters. The number of aromatic nitrogens is 1. The molecule has 1 aromatic rings. The molecule has 0 fully saturated rings. The van der Waals surface area contributed by atoms with Gasteiger partial charge in [-0.05, 0) is 6.92 Å². The Morgan fingerprint density at radius 1 is 1.45 bits per heavy atom. The summed E-state index contributed by atoms with van der Waals surface area (Å²) in [5.74, 6) is 0. The zero-order valence-electron chi connectivity index (χ0n) is 5.75. The van der Waals surface area contributed by atoms with E-state index in [9.17, 15) is 4.39 Å². The lowest BCUT2D eigenvalue weighted by Crippen LogP contribution is -1.72. The minimum Gasteiger partial charge on any atom is -0.351 e. The maximum atomic E-state index is 11.8. The Morgan fingerprint density at radius 3 is 2.45 bits per heavy atom. The third-order valence-corrected chi connectivity index (χ3v) is 2.98. The van der Waals surface area contributed by atoms with Crippen LogP contribution in [-0.2, 0) is 0 Å². The van der Waals surface area contributed by atoms with Crippen LogP contribution < -0.4 is 0 Å². The molecule has 1 heterocycles. The lowest BCUT2D eigenvalue weighted by molar-refractivity contribution is 0.605. The first-order chi connectivity index (χ1) is 5.16. The Kier molecular flexibility index (Phi) is 3.10. The summed E-state index contributed by atoms with van der Waals surface area (Å²) in [6.45, 7) is 1.79. The molecule has 1 nitrogen and oxygen atoms in total. The molecule has 0 amide bonds. The first-order valence-electron chi connectivity index (χ1n) is 2.89. The summed E-state index contributed by atoms with van der Waals surface area (Å²) in [4.78, 5) is 2.87. The Balaban J connectivity index is 2.98. The largest absolute Gasteiger partial charge is 0.351 e. The van der Waals surface area contributed by atoms with Crippen molar-refractivity contribution in [3.05, 3.63) is 15.7 Å². The van der Waals surface area contributed by atoms with Crippen molar-refractivity contribution >= 4 is 35.0 Å². The van der Waals surface area contributed by atoms with Gasteiger partial charge in [0.15, 0.2) is 0 Å². The molecular formula is C6H6Cl2FNS. The van der Waals surface area contributed by atoms with Gasteiger partial charge in [0.1, 0.15) is 6.01 Å². The van der Waals surface area contributed by atoms with Crippen LogP contribution in [0.4, 0.5) is 4.39 Å². The summed E-state index contributed by atoms with van der Waals surface area (Å²) >= 11 is 12.5. The van der Waals surface area contributed by atoms with E-state index in [4.69, 9.17) is 23.2 Å². The van der Waals surface area contributed by atoms with Gasteiger partial charge in [-0.1, -0.05) is 35.0 Å². The molecule has 1 rings (SSSR count). The predicted molar refractivity (Wildman–Crippen MR) is 47.4 cm³/mol. The maximum absolute atomic E-state index is 11.8. The zero-order valence-corrected chi connectivity index (χ0v) is 8.08. The summed E-state index contributed by atoms with van der Waals surface area (Å²) in [6, 6.07) is -0.504. The lowest BCUT2D eigenvalue weighted by atomic mass is 10.5. The molecule has 1 N–H and O–H groups in total. The van der Waals surface area contributed by atoms with Crippen molar-refractivity contribution in [1.29, 1.82) is 0 Å². The van der Waals surface area contributed by atoms with Crippen LogP contribution in [0.2, 0.25) is 10.0 Å². The van der Waals surface area contributed by atoms with Crippen molar-refractivity contribution in [1.82, 2.24) is 4.98 Å². The smallest absolute Gasteiger partial charge is 0.141 e. The summed E-state index contributed by atoms with van der Waals surface area (Å²) in [6.07, 6.45) is 0. The molecule has 0 saturated heterocycles. The standard InChI is InChI=1S/C6H6Cl2FNS/c1-3-4(7)5(8)6(10-3)11-2-9/h10H,2H2,1H3. The molecular weight excluding hydrogens is 208 g/mol. The molecule has 0 saturated carbocycles. The highest BCUT2D eigenvalue weighted by molar-refractivity contribution is 7.99. The monoisotopic (exact) mass is 213 g/mol. The highest BCUT2D eigenvalue weighted by atomic mass is 35.5. The Hall–Kier alpha value is 0.140. The fraction of sp³-hybridized carbons (Fsp3) is 0.333. The fourth-order valence-corrected chi connectivity index (χ4v) is 1.81. The van der Waals surface area contributed by atoms with Gasteiger partial charge in [-0.25, -0.2) is 4.39 Å². The molecule has 0 aliphatic carbocycles. The van der Waals surface area contributed by atoms with Gasteiger partial charge in [-0.3, -0.25) is 0 Å². The first kappa shape index (κ1) is 9.23. The van der Waals surface area contributed by atoms with Gasteiger partial charge in [0, 0.05) is 5.69 Å². The minimum absolute atomic E-state index is 0.409. The number of aryl methyl sites for hydroxylation is 1. The van der Waals surface area contributed by atoms with Crippen LogP contribution in [0.1, 0.15) is 5.69 Å². The van der Waals surface area contributed by atoms with E-state index in [0.717, 1.165) is 17.5 Å². The zero-order chi connectivity index (χ0) is 8.43. The molecule has 0 spiro atoms. The van der Waals surface area contributed by atoms with Crippen LogP contribution in [-0.4, -0.2) is 11.0 Å². The van der Waals surface area contributed by atoms with E-state index in [1.165, 1.54) is 0 Å². The second kappa shape index (κ2) is 3.70. The molecule has 1 aromatic heterocycles. The molecule has 0 bridgehead atoms. The number of hydrogen-bond acceptors (Lipinski definition) is 1. The van der Waals surface area contributed by atoms with Gasteiger partial charge in [0.2, 0.25) is 0 Å². The van der Waals surface area contributed by atoms with Crippen LogP contribution >= 0.6 is 35.0 Å². The number of hydrogen-bond donors (Lipinski definition) is 1. The van der Waals surface area contributed by atoms with Crippen LogP contribution in [0.5, 0.6) is 0 Å². The molecule has 0 radical (unpaired) electrons. The second-order valence-electron chi connectivity index (χ2n) is 1.96. The van der Waals surface area contributed by atoms with Crippen LogP contribution in [0, 0.1) is 6.92 Å². The number of H-pyrrole nitrogens is 1.